The van der Waals surface area contributed by atoms with Crippen LogP contribution in [0.25, 0.3) is 0 Å². The predicted molar refractivity (Wildman–Crippen MR) is 98.6 cm³/mol. The molecule has 1 aliphatic rings. The smallest absolute Gasteiger partial charge is 0.218 e. The van der Waals surface area contributed by atoms with E-state index in [2.05, 4.69) is 24.0 Å². The van der Waals surface area contributed by atoms with Gasteiger partial charge in [-0.1, -0.05) is 48.0 Å². The van der Waals surface area contributed by atoms with E-state index in [9.17, 15) is 8.42 Å². The molecule has 0 saturated carbocycles. The molecular weight excluding hydrogens is 320 g/mol. The number of anilines is 1. The maximum absolute atomic E-state index is 12.8. The van der Waals surface area contributed by atoms with E-state index in [0.29, 0.717) is 13.1 Å². The number of para-hydroxylation sites is 1. The molecule has 0 spiro atoms. The van der Waals surface area contributed by atoms with Crippen LogP contribution in [-0.2, 0) is 15.8 Å². The van der Waals surface area contributed by atoms with Crippen LogP contribution in [0, 0.1) is 6.92 Å². The summed E-state index contributed by atoms with van der Waals surface area (Å²) >= 11 is 0. The number of benzene rings is 2. The van der Waals surface area contributed by atoms with Gasteiger partial charge >= 0.3 is 0 Å². The minimum absolute atomic E-state index is 0.0761. The third kappa shape index (κ3) is 3.79. The number of piperazine rings is 1. The lowest BCUT2D eigenvalue weighted by atomic mass is 10.2. The lowest BCUT2D eigenvalue weighted by molar-refractivity contribution is 0.342. The van der Waals surface area contributed by atoms with Crippen LogP contribution in [0.3, 0.4) is 0 Å². The lowest BCUT2D eigenvalue weighted by Crippen LogP contribution is -2.53. The van der Waals surface area contributed by atoms with Gasteiger partial charge in [0.15, 0.2) is 0 Å². The fourth-order valence-electron chi connectivity index (χ4n) is 3.28. The van der Waals surface area contributed by atoms with Gasteiger partial charge in [-0.15, -0.1) is 0 Å². The zero-order valence-electron chi connectivity index (χ0n) is 14.2. The first kappa shape index (κ1) is 17.0. The highest BCUT2D eigenvalue weighted by molar-refractivity contribution is 7.88. The van der Waals surface area contributed by atoms with Crippen LogP contribution in [0.2, 0.25) is 0 Å². The summed E-state index contributed by atoms with van der Waals surface area (Å²) in [5.41, 5.74) is 3.10. The molecule has 1 saturated heterocycles. The average molecular weight is 344 g/mol. The van der Waals surface area contributed by atoms with Crippen molar-refractivity contribution in [2.45, 2.75) is 25.6 Å². The molecule has 4 nitrogen and oxygen atoms in total. The van der Waals surface area contributed by atoms with Gasteiger partial charge in [0.2, 0.25) is 10.0 Å². The number of aryl methyl sites for hydroxylation is 1. The van der Waals surface area contributed by atoms with Gasteiger partial charge in [0, 0.05) is 31.4 Å². The van der Waals surface area contributed by atoms with E-state index in [1.165, 1.54) is 0 Å². The van der Waals surface area contributed by atoms with Gasteiger partial charge in [0.05, 0.1) is 5.75 Å². The molecule has 5 heteroatoms. The summed E-state index contributed by atoms with van der Waals surface area (Å²) in [6, 6.07) is 18.1. The van der Waals surface area contributed by atoms with Crippen LogP contribution in [0.15, 0.2) is 54.6 Å². The Labute approximate surface area is 144 Å². The van der Waals surface area contributed by atoms with Crippen molar-refractivity contribution in [3.8, 4) is 0 Å². The quantitative estimate of drug-likeness (QED) is 0.856. The fraction of sp³-hybridized carbons (Fsp3) is 0.368. The Morgan fingerprint density at radius 2 is 1.79 bits per heavy atom. The number of hydrogen-bond donors (Lipinski definition) is 0. The Balaban J connectivity index is 1.70. The summed E-state index contributed by atoms with van der Waals surface area (Å²) in [4.78, 5) is 2.28. The van der Waals surface area contributed by atoms with Gasteiger partial charge in [-0.2, -0.15) is 4.31 Å². The average Bonchev–Trinajstić information content (AvgIpc) is 2.55. The molecule has 0 aliphatic carbocycles. The van der Waals surface area contributed by atoms with Crippen LogP contribution in [0.1, 0.15) is 18.1 Å². The number of hydrogen-bond acceptors (Lipinski definition) is 3. The fourth-order valence-corrected chi connectivity index (χ4v) is 4.87. The summed E-state index contributed by atoms with van der Waals surface area (Å²) in [7, 11) is -3.29. The normalized spacial score (nSPS) is 19.4. The summed E-state index contributed by atoms with van der Waals surface area (Å²) in [6.07, 6.45) is 0. The minimum atomic E-state index is -3.29. The van der Waals surface area contributed by atoms with Crippen molar-refractivity contribution in [1.82, 2.24) is 4.31 Å². The molecule has 128 valence electrons. The molecule has 0 aromatic heterocycles. The van der Waals surface area contributed by atoms with Crippen molar-refractivity contribution in [2.24, 2.45) is 0 Å². The highest BCUT2D eigenvalue weighted by Gasteiger charge is 2.31. The van der Waals surface area contributed by atoms with Crippen molar-refractivity contribution in [3.05, 3.63) is 65.7 Å². The summed E-state index contributed by atoms with van der Waals surface area (Å²) in [5, 5.41) is 0. The zero-order chi connectivity index (χ0) is 17.2. The topological polar surface area (TPSA) is 40.6 Å². The van der Waals surface area contributed by atoms with Crippen LogP contribution >= 0.6 is 0 Å². The van der Waals surface area contributed by atoms with E-state index >= 15 is 0 Å². The van der Waals surface area contributed by atoms with Gasteiger partial charge < -0.3 is 4.90 Å². The number of nitrogens with zero attached hydrogens (tertiary/aromatic N) is 2. The second-order valence-corrected chi connectivity index (χ2v) is 8.45. The van der Waals surface area contributed by atoms with Crippen molar-refractivity contribution < 1.29 is 8.42 Å². The van der Waals surface area contributed by atoms with Crippen LogP contribution in [0.5, 0.6) is 0 Å². The molecule has 2 aromatic rings. The lowest BCUT2D eigenvalue weighted by Gasteiger charge is -2.40. The third-order valence-corrected chi connectivity index (χ3v) is 6.32. The molecule has 1 unspecified atom stereocenters. The zero-order valence-corrected chi connectivity index (χ0v) is 15.0. The molecule has 0 N–H and O–H groups in total. The monoisotopic (exact) mass is 344 g/mol. The molecule has 1 atom stereocenters. The molecule has 1 fully saturated rings. The molecule has 0 amide bonds. The highest BCUT2D eigenvalue weighted by atomic mass is 32.2. The Kier molecular flexibility index (Phi) is 4.92. The molecule has 1 heterocycles. The van der Waals surface area contributed by atoms with Crippen LogP contribution in [-0.4, -0.2) is 38.4 Å². The highest BCUT2D eigenvalue weighted by Crippen LogP contribution is 2.22. The SMILES string of the molecule is Cc1cccc(CS(=O)(=O)N2CCN(c3ccccc3)C(C)C2)c1. The maximum Gasteiger partial charge on any atom is 0.218 e. The van der Waals surface area contributed by atoms with E-state index in [0.717, 1.165) is 23.4 Å². The Hall–Kier alpha value is -1.85. The largest absolute Gasteiger partial charge is 0.366 e. The summed E-state index contributed by atoms with van der Waals surface area (Å²) < 4.78 is 27.2. The van der Waals surface area contributed by atoms with E-state index in [-0.39, 0.29) is 11.8 Å². The first-order chi connectivity index (χ1) is 11.5. The molecular formula is C19H24N2O2S. The second kappa shape index (κ2) is 6.95. The van der Waals surface area contributed by atoms with Gasteiger partial charge in [-0.05, 0) is 31.5 Å². The third-order valence-electron chi connectivity index (χ3n) is 4.50. The molecule has 2 aromatic carbocycles. The first-order valence-electron chi connectivity index (χ1n) is 8.31. The van der Waals surface area contributed by atoms with Gasteiger partial charge in [0.25, 0.3) is 0 Å². The maximum atomic E-state index is 12.8. The Bertz CT molecular complexity index is 790. The van der Waals surface area contributed by atoms with Crippen LogP contribution in [0.4, 0.5) is 5.69 Å². The summed E-state index contributed by atoms with van der Waals surface area (Å²) in [5.74, 6) is 0.0761. The molecule has 24 heavy (non-hydrogen) atoms. The minimum Gasteiger partial charge on any atom is -0.366 e. The van der Waals surface area contributed by atoms with Crippen LogP contribution < -0.4 is 4.90 Å². The van der Waals surface area contributed by atoms with Gasteiger partial charge in [-0.25, -0.2) is 8.42 Å². The van der Waals surface area contributed by atoms with Crippen molar-refractivity contribution >= 4 is 15.7 Å². The van der Waals surface area contributed by atoms with E-state index in [1.807, 2.05) is 49.4 Å². The molecule has 3 rings (SSSR count). The standard InChI is InChI=1S/C19H24N2O2S/c1-16-7-6-8-18(13-16)15-24(22,23)20-11-12-21(17(2)14-20)19-9-4-3-5-10-19/h3-10,13,17H,11-12,14-15H2,1-2H3. The predicted octanol–water partition coefficient (Wildman–Crippen LogP) is 3.04. The van der Waals surface area contributed by atoms with Crippen molar-refractivity contribution in [3.63, 3.8) is 0 Å². The van der Waals surface area contributed by atoms with Crippen molar-refractivity contribution in [1.29, 1.82) is 0 Å². The molecule has 0 bridgehead atoms. The van der Waals surface area contributed by atoms with E-state index < -0.39 is 10.0 Å². The Morgan fingerprint density at radius 3 is 2.46 bits per heavy atom. The van der Waals surface area contributed by atoms with Gasteiger partial charge in [0.1, 0.15) is 0 Å². The second-order valence-electron chi connectivity index (χ2n) is 6.48. The first-order valence-corrected chi connectivity index (χ1v) is 9.92. The number of sulfonamides is 1. The Morgan fingerprint density at radius 1 is 1.04 bits per heavy atom. The molecule has 0 radical (unpaired) electrons. The number of rotatable bonds is 4. The van der Waals surface area contributed by atoms with Crippen molar-refractivity contribution in [2.75, 3.05) is 24.5 Å². The van der Waals surface area contributed by atoms with Gasteiger partial charge in [-0.3, -0.25) is 0 Å². The van der Waals surface area contributed by atoms with E-state index in [1.54, 1.807) is 4.31 Å². The van der Waals surface area contributed by atoms with E-state index in [4.69, 9.17) is 0 Å². The molecule has 1 aliphatic heterocycles. The summed E-state index contributed by atoms with van der Waals surface area (Å²) in [6.45, 7) is 5.85.